The summed E-state index contributed by atoms with van der Waals surface area (Å²) >= 11 is 0. The number of nitrogen functional groups attached to an aromatic ring is 1. The first-order chi connectivity index (χ1) is 12.4. The number of nitrogens with two attached hydrogens (primary N) is 1. The van der Waals surface area contributed by atoms with Crippen molar-refractivity contribution in [3.8, 4) is 0 Å². The molecule has 0 saturated carbocycles. The van der Waals surface area contributed by atoms with E-state index in [1.165, 1.54) is 11.0 Å². The SMILES string of the molecule is Cc1ccc(N)cc1C(=O)N1CCN(C(=O)c2c(F)cccc2F)CC1. The first-order valence-corrected chi connectivity index (χ1v) is 8.27. The largest absolute Gasteiger partial charge is 0.399 e. The lowest BCUT2D eigenvalue weighted by molar-refractivity contribution is 0.0529. The molecule has 0 aromatic heterocycles. The minimum Gasteiger partial charge on any atom is -0.399 e. The highest BCUT2D eigenvalue weighted by molar-refractivity contribution is 5.97. The molecule has 1 aliphatic rings. The topological polar surface area (TPSA) is 66.6 Å². The maximum atomic E-state index is 13.8. The number of carbonyl (C=O) groups is 2. The number of hydrogen-bond acceptors (Lipinski definition) is 3. The van der Waals surface area contributed by atoms with Crippen molar-refractivity contribution in [1.29, 1.82) is 0 Å². The normalized spacial score (nSPS) is 14.4. The summed E-state index contributed by atoms with van der Waals surface area (Å²) in [4.78, 5) is 28.1. The molecule has 5 nitrogen and oxygen atoms in total. The number of benzene rings is 2. The number of nitrogens with zero attached hydrogens (tertiary/aromatic N) is 2. The van der Waals surface area contributed by atoms with Crippen molar-refractivity contribution in [2.45, 2.75) is 6.92 Å². The van der Waals surface area contributed by atoms with E-state index in [0.717, 1.165) is 17.7 Å². The molecule has 2 aromatic carbocycles. The van der Waals surface area contributed by atoms with Gasteiger partial charge in [-0.15, -0.1) is 0 Å². The van der Waals surface area contributed by atoms with Gasteiger partial charge < -0.3 is 15.5 Å². The molecule has 0 bridgehead atoms. The van der Waals surface area contributed by atoms with Gasteiger partial charge in [-0.25, -0.2) is 8.78 Å². The number of hydrogen-bond donors (Lipinski definition) is 1. The summed E-state index contributed by atoms with van der Waals surface area (Å²) < 4.78 is 27.6. The van der Waals surface area contributed by atoms with Crippen LogP contribution in [0.2, 0.25) is 0 Å². The van der Waals surface area contributed by atoms with Gasteiger partial charge >= 0.3 is 0 Å². The van der Waals surface area contributed by atoms with Crippen molar-refractivity contribution < 1.29 is 18.4 Å². The minimum atomic E-state index is -0.885. The molecule has 26 heavy (non-hydrogen) atoms. The summed E-state index contributed by atoms with van der Waals surface area (Å²) in [6.45, 7) is 2.82. The molecule has 2 aromatic rings. The van der Waals surface area contributed by atoms with Crippen molar-refractivity contribution in [3.63, 3.8) is 0 Å². The molecule has 1 fully saturated rings. The zero-order valence-corrected chi connectivity index (χ0v) is 14.3. The van der Waals surface area contributed by atoms with Crippen LogP contribution >= 0.6 is 0 Å². The Morgan fingerprint density at radius 3 is 2.04 bits per heavy atom. The van der Waals surface area contributed by atoms with E-state index in [-0.39, 0.29) is 32.1 Å². The molecule has 1 heterocycles. The Bertz CT molecular complexity index is 842. The van der Waals surface area contributed by atoms with Crippen LogP contribution in [0.3, 0.4) is 0 Å². The van der Waals surface area contributed by atoms with Gasteiger partial charge in [-0.2, -0.15) is 0 Å². The summed E-state index contributed by atoms with van der Waals surface area (Å²) in [5.74, 6) is -2.64. The molecule has 0 unspecified atom stereocenters. The molecular formula is C19H19F2N3O2. The van der Waals surface area contributed by atoms with E-state index in [9.17, 15) is 18.4 Å². The summed E-state index contributed by atoms with van der Waals surface area (Å²) in [5, 5.41) is 0. The van der Waals surface area contributed by atoms with E-state index in [4.69, 9.17) is 5.73 Å². The second-order valence-corrected chi connectivity index (χ2v) is 6.26. The first-order valence-electron chi connectivity index (χ1n) is 8.27. The predicted octanol–water partition coefficient (Wildman–Crippen LogP) is 2.45. The van der Waals surface area contributed by atoms with Crippen LogP contribution in [0.5, 0.6) is 0 Å². The third-order valence-corrected chi connectivity index (χ3v) is 4.52. The van der Waals surface area contributed by atoms with Gasteiger partial charge in [0, 0.05) is 37.4 Å². The predicted molar refractivity (Wildman–Crippen MR) is 93.8 cm³/mol. The second kappa shape index (κ2) is 7.11. The monoisotopic (exact) mass is 359 g/mol. The van der Waals surface area contributed by atoms with Crippen LogP contribution in [-0.2, 0) is 0 Å². The van der Waals surface area contributed by atoms with Crippen molar-refractivity contribution in [2.24, 2.45) is 0 Å². The molecule has 3 rings (SSSR count). The van der Waals surface area contributed by atoms with Crippen LogP contribution in [0.25, 0.3) is 0 Å². The van der Waals surface area contributed by atoms with E-state index in [0.29, 0.717) is 11.3 Å². The summed E-state index contributed by atoms with van der Waals surface area (Å²) in [5.41, 5.74) is 7.04. The smallest absolute Gasteiger partial charge is 0.259 e. The molecule has 0 radical (unpaired) electrons. The molecule has 1 saturated heterocycles. The van der Waals surface area contributed by atoms with Gasteiger partial charge in [0.2, 0.25) is 0 Å². The Balaban J connectivity index is 1.70. The number of aryl methyl sites for hydroxylation is 1. The minimum absolute atomic E-state index is 0.168. The molecule has 0 aliphatic carbocycles. The van der Waals surface area contributed by atoms with Crippen molar-refractivity contribution in [3.05, 3.63) is 64.7 Å². The highest BCUT2D eigenvalue weighted by Crippen LogP contribution is 2.19. The number of amides is 2. The van der Waals surface area contributed by atoms with Crippen LogP contribution in [0, 0.1) is 18.6 Å². The lowest BCUT2D eigenvalue weighted by atomic mass is 10.1. The third-order valence-electron chi connectivity index (χ3n) is 4.52. The molecule has 2 N–H and O–H groups in total. The number of carbonyl (C=O) groups excluding carboxylic acids is 2. The lowest BCUT2D eigenvalue weighted by Crippen LogP contribution is -2.51. The third kappa shape index (κ3) is 3.37. The standard InChI is InChI=1S/C19H19F2N3O2/c1-12-5-6-13(22)11-14(12)18(25)23-7-9-24(10-8-23)19(26)17-15(20)3-2-4-16(17)21/h2-6,11H,7-10,22H2,1H3. The van der Waals surface area contributed by atoms with Crippen molar-refractivity contribution >= 4 is 17.5 Å². The Morgan fingerprint density at radius 1 is 0.923 bits per heavy atom. The highest BCUT2D eigenvalue weighted by Gasteiger charge is 2.28. The van der Waals surface area contributed by atoms with Crippen LogP contribution in [-0.4, -0.2) is 47.8 Å². The van der Waals surface area contributed by atoms with Crippen LogP contribution < -0.4 is 5.73 Å². The maximum absolute atomic E-state index is 13.8. The Kier molecular flexibility index (Phi) is 4.88. The van der Waals surface area contributed by atoms with Gasteiger partial charge in [0.1, 0.15) is 17.2 Å². The Morgan fingerprint density at radius 2 is 1.46 bits per heavy atom. The quantitative estimate of drug-likeness (QED) is 0.838. The van der Waals surface area contributed by atoms with Crippen molar-refractivity contribution in [2.75, 3.05) is 31.9 Å². The summed E-state index contributed by atoms with van der Waals surface area (Å²) in [7, 11) is 0. The van der Waals surface area contributed by atoms with Gasteiger partial charge in [0.05, 0.1) is 0 Å². The van der Waals surface area contributed by atoms with Gasteiger partial charge in [0.25, 0.3) is 11.8 Å². The van der Waals surface area contributed by atoms with E-state index in [1.54, 1.807) is 23.1 Å². The molecule has 0 atom stereocenters. The van der Waals surface area contributed by atoms with Gasteiger partial charge in [0.15, 0.2) is 0 Å². The molecule has 0 spiro atoms. The van der Waals surface area contributed by atoms with Gasteiger partial charge in [-0.3, -0.25) is 9.59 Å². The summed E-state index contributed by atoms with van der Waals surface area (Å²) in [6, 6.07) is 8.46. The van der Waals surface area contributed by atoms with Crippen molar-refractivity contribution in [1.82, 2.24) is 9.80 Å². The zero-order valence-electron chi connectivity index (χ0n) is 14.3. The van der Waals surface area contributed by atoms with Crippen LogP contribution in [0.1, 0.15) is 26.3 Å². The number of rotatable bonds is 2. The first kappa shape index (κ1) is 17.8. The summed E-state index contributed by atoms with van der Waals surface area (Å²) in [6.07, 6.45) is 0. The fourth-order valence-electron chi connectivity index (χ4n) is 3.01. The molecule has 2 amide bonds. The zero-order chi connectivity index (χ0) is 18.8. The highest BCUT2D eigenvalue weighted by atomic mass is 19.1. The number of halogens is 2. The van der Waals surface area contributed by atoms with E-state index in [2.05, 4.69) is 0 Å². The molecular weight excluding hydrogens is 340 g/mol. The number of piperazine rings is 1. The average molecular weight is 359 g/mol. The maximum Gasteiger partial charge on any atom is 0.259 e. The van der Waals surface area contributed by atoms with Gasteiger partial charge in [-0.1, -0.05) is 12.1 Å². The van der Waals surface area contributed by atoms with E-state index >= 15 is 0 Å². The van der Waals surface area contributed by atoms with Gasteiger partial charge in [-0.05, 0) is 36.8 Å². The lowest BCUT2D eigenvalue weighted by Gasteiger charge is -2.35. The van der Waals surface area contributed by atoms with Crippen LogP contribution in [0.15, 0.2) is 36.4 Å². The van der Waals surface area contributed by atoms with Crippen LogP contribution in [0.4, 0.5) is 14.5 Å². The molecule has 1 aliphatic heterocycles. The van der Waals surface area contributed by atoms with E-state index in [1.807, 2.05) is 6.92 Å². The fraction of sp³-hybridized carbons (Fsp3) is 0.263. The fourth-order valence-corrected chi connectivity index (χ4v) is 3.01. The average Bonchev–Trinajstić information content (AvgIpc) is 2.63. The number of anilines is 1. The second-order valence-electron chi connectivity index (χ2n) is 6.26. The molecule has 136 valence electrons. The Hall–Kier alpha value is -2.96. The molecule has 7 heteroatoms. The Labute approximate surface area is 150 Å². The van der Waals surface area contributed by atoms with E-state index < -0.39 is 23.1 Å².